The number of nitrogens with zero attached hydrogens (tertiary/aromatic N) is 2. The Hall–Kier alpha value is -4.51. The number of rotatable bonds is 14. The molecule has 0 aliphatic carbocycles. The quantitative estimate of drug-likeness (QED) is 0.150. The number of hydrazone groups is 1. The fourth-order valence-corrected chi connectivity index (χ4v) is 5.74. The zero-order chi connectivity index (χ0) is 31.4. The highest BCUT2D eigenvalue weighted by Gasteiger charge is 2.26. The molecule has 2 amide bonds. The fraction of sp³-hybridized carbons (Fsp3) is 0.182. The van der Waals surface area contributed by atoms with Crippen molar-refractivity contribution >= 4 is 39.7 Å². The average Bonchev–Trinajstić information content (AvgIpc) is 3.03. The van der Waals surface area contributed by atoms with Crippen LogP contribution in [0.2, 0.25) is 5.02 Å². The van der Waals surface area contributed by atoms with Crippen molar-refractivity contribution in [1.82, 2.24) is 15.0 Å². The molecule has 9 nitrogen and oxygen atoms in total. The molecule has 4 aromatic carbocycles. The van der Waals surface area contributed by atoms with Crippen LogP contribution in [0.4, 0.5) is 0 Å². The summed E-state index contributed by atoms with van der Waals surface area (Å²) in [6.45, 7) is 1.44. The number of nitrogens with one attached hydrogen (secondary N) is 2. The van der Waals surface area contributed by atoms with E-state index in [9.17, 15) is 18.0 Å². The summed E-state index contributed by atoms with van der Waals surface area (Å²) in [4.78, 5) is 25.1. The van der Waals surface area contributed by atoms with Crippen molar-refractivity contribution in [2.75, 3.05) is 19.7 Å². The molecule has 11 heteroatoms. The molecule has 0 radical (unpaired) electrons. The fourth-order valence-electron chi connectivity index (χ4n) is 4.22. The van der Waals surface area contributed by atoms with Crippen LogP contribution < -0.4 is 15.5 Å². The van der Waals surface area contributed by atoms with Crippen LogP contribution in [0.1, 0.15) is 29.7 Å². The van der Waals surface area contributed by atoms with Crippen molar-refractivity contribution in [3.8, 4) is 5.75 Å². The first kappa shape index (κ1) is 32.4. The van der Waals surface area contributed by atoms with Crippen LogP contribution in [-0.4, -0.2) is 50.4 Å². The number of carbonyl (C=O) groups excluding carboxylic acids is 2. The van der Waals surface area contributed by atoms with Crippen molar-refractivity contribution in [3.63, 3.8) is 0 Å². The Bertz CT molecular complexity index is 1650. The van der Waals surface area contributed by atoms with E-state index in [4.69, 9.17) is 16.3 Å². The molecule has 0 bridgehead atoms. The second kappa shape index (κ2) is 15.8. The third-order valence-electron chi connectivity index (χ3n) is 6.59. The number of halogens is 1. The number of hydrogen-bond donors (Lipinski definition) is 2. The van der Waals surface area contributed by atoms with Gasteiger partial charge in [-0.1, -0.05) is 72.3 Å². The van der Waals surface area contributed by atoms with Crippen LogP contribution in [0.5, 0.6) is 5.75 Å². The first-order chi connectivity index (χ1) is 21.2. The van der Waals surface area contributed by atoms with Gasteiger partial charge >= 0.3 is 0 Å². The van der Waals surface area contributed by atoms with E-state index in [0.29, 0.717) is 22.8 Å². The maximum atomic E-state index is 13.4. The van der Waals surface area contributed by atoms with Crippen molar-refractivity contribution in [3.05, 3.63) is 131 Å². The minimum Gasteiger partial charge on any atom is -0.484 e. The van der Waals surface area contributed by atoms with Gasteiger partial charge in [0.05, 0.1) is 23.7 Å². The summed E-state index contributed by atoms with van der Waals surface area (Å²) in [6.07, 6.45) is 1.85. The van der Waals surface area contributed by atoms with E-state index in [1.165, 1.54) is 30.5 Å². The number of amides is 2. The molecule has 0 aliphatic rings. The van der Waals surface area contributed by atoms with Crippen LogP contribution in [0.15, 0.2) is 119 Å². The van der Waals surface area contributed by atoms with Gasteiger partial charge in [0.15, 0.2) is 6.61 Å². The molecule has 0 fully saturated rings. The summed E-state index contributed by atoms with van der Waals surface area (Å²) in [5.74, 6) is -0.344. The summed E-state index contributed by atoms with van der Waals surface area (Å²) in [5, 5.41) is 7.28. The predicted molar refractivity (Wildman–Crippen MR) is 171 cm³/mol. The second-order valence-electron chi connectivity index (χ2n) is 9.88. The van der Waals surface area contributed by atoms with Crippen LogP contribution in [0, 0.1) is 0 Å². The maximum absolute atomic E-state index is 13.4. The topological polar surface area (TPSA) is 117 Å². The molecule has 0 saturated carbocycles. The highest BCUT2D eigenvalue weighted by molar-refractivity contribution is 7.89. The molecule has 0 unspecified atom stereocenters. The van der Waals surface area contributed by atoms with Gasteiger partial charge in [0.2, 0.25) is 10.0 Å². The molecule has 228 valence electrons. The van der Waals surface area contributed by atoms with E-state index in [1.54, 1.807) is 24.3 Å². The largest absolute Gasteiger partial charge is 0.484 e. The van der Waals surface area contributed by atoms with Gasteiger partial charge in [-0.25, -0.2) is 13.8 Å². The van der Waals surface area contributed by atoms with E-state index in [1.807, 2.05) is 67.6 Å². The minimum absolute atomic E-state index is 0.0387. The van der Waals surface area contributed by atoms with Gasteiger partial charge in [0.25, 0.3) is 11.8 Å². The van der Waals surface area contributed by atoms with Gasteiger partial charge in [-0.2, -0.15) is 9.41 Å². The standard InChI is InChI=1S/C33H33ClN4O5S/c1-25(28-10-6-3-7-11-28)36-33(40)24-43-30-16-12-27(13-17-30)22-35-37-32(39)23-38(21-20-26-8-4-2-5-9-26)44(41,42)31-18-14-29(34)15-19-31/h2-19,22,25H,20-21,23-24H2,1H3,(H,36,40)(H,37,39)/b35-22-/t25-/m0/s1. The van der Waals surface area contributed by atoms with E-state index in [0.717, 1.165) is 15.4 Å². The maximum Gasteiger partial charge on any atom is 0.258 e. The normalized spacial score (nSPS) is 12.2. The first-order valence-electron chi connectivity index (χ1n) is 13.9. The Balaban J connectivity index is 1.30. The van der Waals surface area contributed by atoms with E-state index in [2.05, 4.69) is 15.8 Å². The lowest BCUT2D eigenvalue weighted by molar-refractivity contribution is -0.124. The molecule has 0 spiro atoms. The average molecular weight is 633 g/mol. The third-order valence-corrected chi connectivity index (χ3v) is 8.71. The predicted octanol–water partition coefficient (Wildman–Crippen LogP) is 4.98. The van der Waals surface area contributed by atoms with Crippen molar-refractivity contribution in [1.29, 1.82) is 0 Å². The third kappa shape index (κ3) is 9.77. The summed E-state index contributed by atoms with van der Waals surface area (Å²) in [5.41, 5.74) is 5.00. The first-order valence-corrected chi connectivity index (χ1v) is 15.7. The van der Waals surface area contributed by atoms with Gasteiger partial charge in [0, 0.05) is 11.6 Å². The Morgan fingerprint density at radius 1 is 0.886 bits per heavy atom. The molecule has 44 heavy (non-hydrogen) atoms. The lowest BCUT2D eigenvalue weighted by atomic mass is 10.1. The summed E-state index contributed by atoms with van der Waals surface area (Å²) in [7, 11) is -3.98. The lowest BCUT2D eigenvalue weighted by Crippen LogP contribution is -2.40. The van der Waals surface area contributed by atoms with Crippen molar-refractivity contribution < 1.29 is 22.7 Å². The van der Waals surface area contributed by atoms with Crippen molar-refractivity contribution in [2.24, 2.45) is 5.10 Å². The monoisotopic (exact) mass is 632 g/mol. The van der Waals surface area contributed by atoms with Gasteiger partial charge in [0.1, 0.15) is 5.75 Å². The number of ether oxygens (including phenoxy) is 1. The van der Waals surface area contributed by atoms with Crippen LogP contribution >= 0.6 is 11.6 Å². The number of sulfonamides is 1. The Labute approximate surface area is 262 Å². The Kier molecular flexibility index (Phi) is 11.6. The highest BCUT2D eigenvalue weighted by atomic mass is 35.5. The molecule has 2 N–H and O–H groups in total. The van der Waals surface area contributed by atoms with E-state index < -0.39 is 22.5 Å². The summed E-state index contributed by atoms with van der Waals surface area (Å²) < 4.78 is 33.4. The molecule has 1 atom stereocenters. The highest BCUT2D eigenvalue weighted by Crippen LogP contribution is 2.19. The van der Waals surface area contributed by atoms with Crippen molar-refractivity contribution in [2.45, 2.75) is 24.3 Å². The number of carbonyl (C=O) groups is 2. The van der Waals surface area contributed by atoms with E-state index in [-0.39, 0.29) is 30.0 Å². The van der Waals surface area contributed by atoms with Crippen LogP contribution in [0.25, 0.3) is 0 Å². The zero-order valence-corrected chi connectivity index (χ0v) is 25.7. The molecule has 4 aromatic rings. The molecule has 0 aliphatic heterocycles. The van der Waals surface area contributed by atoms with E-state index >= 15 is 0 Å². The molecule has 0 saturated heterocycles. The molecule has 0 aromatic heterocycles. The summed E-state index contributed by atoms with van der Waals surface area (Å²) in [6, 6.07) is 31.5. The van der Waals surface area contributed by atoms with Crippen LogP contribution in [-0.2, 0) is 26.0 Å². The SMILES string of the molecule is C[C@H](NC(=O)COc1ccc(/C=N\NC(=O)CN(CCc2ccccc2)S(=O)(=O)c2ccc(Cl)cc2)cc1)c1ccccc1. The molecule has 4 rings (SSSR count). The Morgan fingerprint density at radius 3 is 2.18 bits per heavy atom. The zero-order valence-electron chi connectivity index (χ0n) is 24.1. The minimum atomic E-state index is -3.98. The van der Waals surface area contributed by atoms with Gasteiger partial charge in [-0.05, 0) is 78.6 Å². The Morgan fingerprint density at radius 2 is 1.52 bits per heavy atom. The number of hydrogen-bond acceptors (Lipinski definition) is 6. The second-order valence-corrected chi connectivity index (χ2v) is 12.3. The molecule has 0 heterocycles. The van der Waals surface area contributed by atoms with Gasteiger partial charge in [-0.3, -0.25) is 9.59 Å². The van der Waals surface area contributed by atoms with Crippen LogP contribution in [0.3, 0.4) is 0 Å². The molecular weight excluding hydrogens is 600 g/mol. The lowest BCUT2D eigenvalue weighted by Gasteiger charge is -2.21. The summed E-state index contributed by atoms with van der Waals surface area (Å²) >= 11 is 5.94. The van der Waals surface area contributed by atoms with Gasteiger partial charge in [-0.15, -0.1) is 0 Å². The number of benzene rings is 4. The smallest absolute Gasteiger partial charge is 0.258 e. The van der Waals surface area contributed by atoms with Gasteiger partial charge < -0.3 is 10.1 Å². The molecular formula is C33H33ClN4O5S.